The van der Waals surface area contributed by atoms with Crippen molar-refractivity contribution in [2.75, 3.05) is 6.61 Å². The smallest absolute Gasteiger partial charge is 0.383 e. The molecule has 1 aromatic heterocycles. The number of hydrogen-bond acceptors (Lipinski definition) is 11. The van der Waals surface area contributed by atoms with Crippen molar-refractivity contribution in [1.29, 1.82) is 0 Å². The van der Waals surface area contributed by atoms with Crippen molar-refractivity contribution in [3.63, 3.8) is 0 Å². The van der Waals surface area contributed by atoms with Crippen LogP contribution in [0.3, 0.4) is 0 Å². The summed E-state index contributed by atoms with van der Waals surface area (Å²) >= 11 is 9.82. The van der Waals surface area contributed by atoms with Gasteiger partial charge in [0.1, 0.15) is 11.2 Å². The summed E-state index contributed by atoms with van der Waals surface area (Å²) in [7, 11) is -17.3. The van der Waals surface area contributed by atoms with Gasteiger partial charge in [-0.15, -0.1) is 6.42 Å². The number of halogens is 1. The van der Waals surface area contributed by atoms with Crippen LogP contribution in [0.1, 0.15) is 6.23 Å². The largest absolute Gasteiger partial charge is 0.490 e. The predicted molar refractivity (Wildman–Crippen MR) is 104 cm³/mol. The Hall–Kier alpha value is -0.700. The molecule has 1 aliphatic rings. The van der Waals surface area contributed by atoms with Crippen LogP contribution in [0.4, 0.5) is 4.39 Å². The molecule has 3 unspecified atom stereocenters. The number of phosphoric ester groups is 1. The van der Waals surface area contributed by atoms with Crippen molar-refractivity contribution in [3.8, 4) is 12.3 Å². The average molecular weight is 558 g/mol. The Morgan fingerprint density at radius 1 is 1.25 bits per heavy atom. The first-order chi connectivity index (χ1) is 14.3. The van der Waals surface area contributed by atoms with Gasteiger partial charge in [0, 0.05) is 6.20 Å². The number of aliphatic hydroxyl groups excluding tert-OH is 1. The fourth-order valence-corrected chi connectivity index (χ4v) is 5.94. The van der Waals surface area contributed by atoms with Gasteiger partial charge in [-0.25, -0.2) is 18.1 Å². The van der Waals surface area contributed by atoms with Gasteiger partial charge in [-0.3, -0.25) is 9.09 Å². The van der Waals surface area contributed by atoms with Crippen molar-refractivity contribution in [2.45, 2.75) is 23.8 Å². The third-order valence-corrected chi connectivity index (χ3v) is 8.02. The number of aliphatic hydroxyl groups is 2. The summed E-state index contributed by atoms with van der Waals surface area (Å²) in [6, 6.07) is 1.25. The van der Waals surface area contributed by atoms with Gasteiger partial charge in [0.05, 0.1) is 0 Å². The van der Waals surface area contributed by atoms with Crippen LogP contribution in [-0.2, 0) is 31.6 Å². The minimum absolute atomic E-state index is 0.146. The summed E-state index contributed by atoms with van der Waals surface area (Å²) in [5.41, 5.74) is -2.82. The van der Waals surface area contributed by atoms with Crippen LogP contribution in [0.25, 0.3) is 0 Å². The number of hydrogen-bond donors (Lipinski definition) is 7. The number of terminal acetylenes is 1. The minimum atomic E-state index is -5.88. The fourth-order valence-electron chi connectivity index (χ4n) is 2.42. The quantitative estimate of drug-likeness (QED) is 0.131. The molecule has 1 aliphatic heterocycles. The van der Waals surface area contributed by atoms with Crippen molar-refractivity contribution >= 4 is 47.9 Å². The van der Waals surface area contributed by atoms with Gasteiger partial charge >= 0.3 is 23.5 Å². The van der Waals surface area contributed by atoms with Crippen molar-refractivity contribution in [2.24, 2.45) is 0 Å². The van der Waals surface area contributed by atoms with Gasteiger partial charge in [-0.2, -0.15) is 8.62 Å². The second-order valence-electron chi connectivity index (χ2n) is 6.01. The van der Waals surface area contributed by atoms with E-state index >= 15 is 4.39 Å². The molecule has 0 amide bonds. The first-order valence-electron chi connectivity index (χ1n) is 7.69. The number of aromatic amines is 1. The number of rotatable bonds is 8. The number of alkyl halides is 1. The Morgan fingerprint density at radius 3 is 2.34 bits per heavy atom. The van der Waals surface area contributed by atoms with E-state index in [1.165, 1.54) is 6.07 Å². The molecule has 0 bridgehead atoms. The molecule has 15 nitrogen and oxygen atoms in total. The Bertz CT molecular complexity index is 1190. The van der Waals surface area contributed by atoms with Gasteiger partial charge in [-0.05, 0) is 18.3 Å². The highest BCUT2D eigenvalue weighted by molar-refractivity contribution is 7.72. The summed E-state index contributed by atoms with van der Waals surface area (Å²) in [4.78, 5) is 38.0. The monoisotopic (exact) mass is 558 g/mol. The first-order valence-corrected chi connectivity index (χ1v) is 13.0. The van der Waals surface area contributed by atoms with Crippen LogP contribution < -0.4 is 0 Å². The zero-order valence-electron chi connectivity index (χ0n) is 15.1. The van der Waals surface area contributed by atoms with Crippen molar-refractivity contribution in [3.05, 3.63) is 21.7 Å². The maximum atomic E-state index is 15.3. The Labute approximate surface area is 187 Å². The molecular weight excluding hydrogens is 544 g/mol. The lowest BCUT2D eigenvalue weighted by Crippen LogP contribution is -2.50. The van der Waals surface area contributed by atoms with Crippen molar-refractivity contribution < 1.29 is 65.8 Å². The molecular formula is C11H14FN2O13P3S2. The number of nitrogens with zero attached hydrogens (tertiary/aromatic N) is 1. The minimum Gasteiger partial charge on any atom is -0.383 e. The van der Waals surface area contributed by atoms with E-state index in [0.717, 1.165) is 10.8 Å². The fraction of sp³-hybridized carbons (Fsp3) is 0.455. The molecule has 0 aliphatic carbocycles. The lowest BCUT2D eigenvalue weighted by atomic mass is 9.94. The number of phosphoric acid groups is 3. The second-order valence-corrected chi connectivity index (χ2v) is 11.3. The zero-order valence-corrected chi connectivity index (χ0v) is 19.4. The maximum absolute atomic E-state index is 15.3. The number of aromatic nitrogens is 2. The van der Waals surface area contributed by atoms with Crippen molar-refractivity contribution in [1.82, 2.24) is 9.55 Å². The summed E-state index contributed by atoms with van der Waals surface area (Å²) in [6.45, 7) is -1.74. The Morgan fingerprint density at radius 2 is 1.84 bits per heavy atom. The van der Waals surface area contributed by atoms with E-state index in [2.05, 4.69) is 18.1 Å². The second kappa shape index (κ2) is 9.16. The third-order valence-electron chi connectivity index (χ3n) is 3.68. The molecule has 2 heterocycles. The van der Waals surface area contributed by atoms with E-state index in [4.69, 9.17) is 50.3 Å². The lowest BCUT2D eigenvalue weighted by molar-refractivity contribution is -0.204. The summed E-state index contributed by atoms with van der Waals surface area (Å²) in [6.07, 6.45) is 1.77. The van der Waals surface area contributed by atoms with E-state index < -0.39 is 53.9 Å². The molecule has 6 atom stereocenters. The Kier molecular flexibility index (Phi) is 7.88. The van der Waals surface area contributed by atoms with Gasteiger partial charge in [0.25, 0.3) is 5.85 Å². The van der Waals surface area contributed by atoms with E-state index in [0.29, 0.717) is 0 Å². The first kappa shape index (κ1) is 27.5. The van der Waals surface area contributed by atoms with Crippen LogP contribution in [0, 0.1) is 21.8 Å². The molecule has 32 heavy (non-hydrogen) atoms. The molecule has 0 saturated carbocycles. The van der Waals surface area contributed by atoms with Crippen LogP contribution in [0.15, 0.2) is 12.3 Å². The highest BCUT2D eigenvalue weighted by atomic mass is 32.1. The summed E-state index contributed by atoms with van der Waals surface area (Å²) < 4.78 is 65.8. The average Bonchev–Trinajstić information content (AvgIpc) is 2.80. The molecule has 21 heteroatoms. The standard InChI is InChI=1S/C11H14FN2O13P3S2/c1-2-10(16)7(15)11(12,25-8(10)14-4-3-6(31)13-9(14)32)5-24-29(20,21)27-30(22,23)26-28(17,18)19/h1,3-4,7-8,15-16H,5H2,(H,20,21)(H,22,23)(H,13,31,32)(H2,17,18,19)/t7?,8-,10-,11-/m1/s1. The molecule has 0 spiro atoms. The SMILES string of the molecule is C#C[C@@]1(O)C(O)[C@@](F)(COP(=O)(O)OP(=O)(O)OP(=O)(O)O)O[C@H]1n1ccc(=S)[nH]c1=S. The van der Waals surface area contributed by atoms with E-state index in [1.54, 1.807) is 5.92 Å². The topological polar surface area (TPSA) is 230 Å². The molecule has 180 valence electrons. The molecule has 1 saturated heterocycles. The highest BCUT2D eigenvalue weighted by Gasteiger charge is 2.65. The Balaban J connectivity index is 2.28. The number of nitrogens with one attached hydrogen (secondary N) is 1. The van der Waals surface area contributed by atoms with E-state index in [9.17, 15) is 28.8 Å². The molecule has 1 fully saturated rings. The number of ether oxygens (including phenoxy) is 1. The third kappa shape index (κ3) is 6.24. The zero-order chi connectivity index (χ0) is 24.8. The van der Waals surface area contributed by atoms with Crippen LogP contribution in [-0.4, -0.2) is 63.5 Å². The van der Waals surface area contributed by atoms with Gasteiger partial charge in [0.2, 0.25) is 5.60 Å². The van der Waals surface area contributed by atoms with Crippen LogP contribution >= 0.6 is 47.9 Å². The van der Waals surface area contributed by atoms with E-state index in [-0.39, 0.29) is 9.41 Å². The molecule has 0 aromatic carbocycles. The van der Waals surface area contributed by atoms with Gasteiger partial charge in [0.15, 0.2) is 17.1 Å². The molecule has 2 rings (SSSR count). The number of H-pyrrole nitrogens is 1. The van der Waals surface area contributed by atoms with Gasteiger partial charge < -0.3 is 39.5 Å². The predicted octanol–water partition coefficient (Wildman–Crippen LogP) is 0.538. The normalized spacial score (nSPS) is 32.1. The van der Waals surface area contributed by atoms with Crippen LogP contribution in [0.2, 0.25) is 0 Å². The van der Waals surface area contributed by atoms with Crippen LogP contribution in [0.5, 0.6) is 0 Å². The van der Waals surface area contributed by atoms with Gasteiger partial charge in [-0.1, -0.05) is 18.1 Å². The highest BCUT2D eigenvalue weighted by Crippen LogP contribution is 2.66. The van der Waals surface area contributed by atoms with E-state index in [1.807, 2.05) is 0 Å². The maximum Gasteiger partial charge on any atom is 0.490 e. The summed E-state index contributed by atoms with van der Waals surface area (Å²) in [5.74, 6) is -1.81. The molecule has 7 N–H and O–H groups in total. The molecule has 0 radical (unpaired) electrons. The summed E-state index contributed by atoms with van der Waals surface area (Å²) in [5, 5.41) is 20.8. The molecule has 1 aromatic rings. The lowest BCUT2D eigenvalue weighted by Gasteiger charge is -2.27.